The van der Waals surface area contributed by atoms with Crippen molar-refractivity contribution >= 4 is 0 Å². The quantitative estimate of drug-likeness (QED) is 0.771. The van der Waals surface area contributed by atoms with Gasteiger partial charge in [-0.1, -0.05) is 31.3 Å². The molecule has 0 atom stereocenters. The van der Waals surface area contributed by atoms with Crippen molar-refractivity contribution in [2.24, 2.45) is 0 Å². The van der Waals surface area contributed by atoms with E-state index in [0.29, 0.717) is 6.61 Å². The topological polar surface area (TPSA) is 22.1 Å². The Hall–Kier alpha value is -0.362. The number of aryl methyl sites for hydroxylation is 1. The summed E-state index contributed by atoms with van der Waals surface area (Å²) in [6.07, 6.45) is 2.78. The SMILES string of the molecule is CCOc1c[c-]nc(C)c1C.[W]. The molecule has 3 heteroatoms. The van der Waals surface area contributed by atoms with E-state index >= 15 is 0 Å². The van der Waals surface area contributed by atoms with Crippen molar-refractivity contribution < 1.29 is 25.8 Å². The van der Waals surface area contributed by atoms with Crippen molar-refractivity contribution in [3.05, 3.63) is 23.5 Å². The summed E-state index contributed by atoms with van der Waals surface area (Å²) in [4.78, 5) is 4.02. The van der Waals surface area contributed by atoms with Gasteiger partial charge in [0.2, 0.25) is 0 Å². The molecule has 0 saturated carbocycles. The standard InChI is InChI=1S/C9H12NO.W/c1-4-11-9-5-6-10-8(3)7(9)2;/h5H,4H2,1-3H3;/q-1;. The van der Waals surface area contributed by atoms with Crippen LogP contribution < -0.4 is 4.74 Å². The molecule has 12 heavy (non-hydrogen) atoms. The second kappa shape index (κ2) is 5.31. The maximum Gasteiger partial charge on any atom is 0.0686 e. The van der Waals surface area contributed by atoms with Gasteiger partial charge in [-0.05, 0) is 6.92 Å². The van der Waals surface area contributed by atoms with E-state index < -0.39 is 0 Å². The van der Waals surface area contributed by atoms with E-state index in [2.05, 4.69) is 11.2 Å². The molecule has 0 amide bonds. The molecular weight excluding hydrogens is 322 g/mol. The minimum Gasteiger partial charge on any atom is -0.551 e. The Kier molecular flexibility index (Phi) is 5.15. The van der Waals surface area contributed by atoms with Crippen molar-refractivity contribution in [1.82, 2.24) is 4.98 Å². The molecule has 0 N–H and O–H groups in total. The molecule has 2 nitrogen and oxygen atoms in total. The van der Waals surface area contributed by atoms with Crippen molar-refractivity contribution in [3.63, 3.8) is 0 Å². The Labute approximate surface area is 87.6 Å². The van der Waals surface area contributed by atoms with Gasteiger partial charge in [-0.2, -0.15) is 0 Å². The Morgan fingerprint density at radius 2 is 2.17 bits per heavy atom. The Morgan fingerprint density at radius 3 is 2.75 bits per heavy atom. The molecule has 0 aliphatic carbocycles. The van der Waals surface area contributed by atoms with Crippen LogP contribution in [0.3, 0.4) is 0 Å². The zero-order valence-electron chi connectivity index (χ0n) is 7.55. The maximum absolute atomic E-state index is 5.35. The van der Waals surface area contributed by atoms with Crippen LogP contribution in [-0.2, 0) is 21.1 Å². The van der Waals surface area contributed by atoms with Gasteiger partial charge in [-0.3, -0.25) is 0 Å². The smallest absolute Gasteiger partial charge is 0.0686 e. The fraction of sp³-hybridized carbons (Fsp3) is 0.444. The Bertz CT molecular complexity index is 250. The van der Waals surface area contributed by atoms with Crippen LogP contribution in [0.25, 0.3) is 0 Å². The third kappa shape index (κ3) is 2.60. The van der Waals surface area contributed by atoms with Crippen molar-refractivity contribution in [1.29, 1.82) is 0 Å². The molecule has 0 unspecified atom stereocenters. The van der Waals surface area contributed by atoms with E-state index in [-0.39, 0.29) is 21.1 Å². The van der Waals surface area contributed by atoms with Crippen LogP contribution in [0, 0.1) is 20.0 Å². The minimum absolute atomic E-state index is 0. The van der Waals surface area contributed by atoms with E-state index in [1.165, 1.54) is 0 Å². The molecule has 0 spiro atoms. The molecule has 66 valence electrons. The Morgan fingerprint density at radius 1 is 1.50 bits per heavy atom. The number of nitrogens with zero attached hydrogens (tertiary/aromatic N) is 1. The van der Waals surface area contributed by atoms with Gasteiger partial charge in [-0.15, -0.1) is 6.07 Å². The van der Waals surface area contributed by atoms with E-state index in [0.717, 1.165) is 17.0 Å². The number of hydrogen-bond acceptors (Lipinski definition) is 2. The zero-order valence-corrected chi connectivity index (χ0v) is 10.5. The van der Waals surface area contributed by atoms with Gasteiger partial charge in [0.05, 0.1) is 6.61 Å². The normalized spacial score (nSPS) is 8.92. The molecule has 0 aliphatic rings. The van der Waals surface area contributed by atoms with Gasteiger partial charge in [-0.25, -0.2) is 0 Å². The van der Waals surface area contributed by atoms with E-state index in [1.54, 1.807) is 6.07 Å². The summed E-state index contributed by atoms with van der Waals surface area (Å²) in [5.74, 6) is 0.889. The van der Waals surface area contributed by atoms with Crippen LogP contribution >= 0.6 is 0 Å². The molecule has 0 radical (unpaired) electrons. The average Bonchev–Trinajstić information content (AvgIpc) is 1.99. The van der Waals surface area contributed by atoms with E-state index in [1.807, 2.05) is 20.8 Å². The van der Waals surface area contributed by atoms with Gasteiger partial charge >= 0.3 is 0 Å². The molecular formula is C9H12NOW-. The molecule has 1 aromatic heterocycles. The third-order valence-corrected chi connectivity index (χ3v) is 1.64. The average molecular weight is 334 g/mol. The predicted octanol–water partition coefficient (Wildman–Crippen LogP) is 1.89. The molecule has 0 bridgehead atoms. The molecule has 0 aromatic carbocycles. The molecule has 0 fully saturated rings. The second-order valence-corrected chi connectivity index (χ2v) is 2.39. The number of ether oxygens (including phenoxy) is 1. The van der Waals surface area contributed by atoms with Gasteiger partial charge in [0, 0.05) is 26.8 Å². The predicted molar refractivity (Wildman–Crippen MR) is 43.7 cm³/mol. The molecule has 0 saturated heterocycles. The fourth-order valence-corrected chi connectivity index (χ4v) is 0.864. The van der Waals surface area contributed by atoms with Crippen LogP contribution in [0.1, 0.15) is 18.2 Å². The van der Waals surface area contributed by atoms with Crippen molar-refractivity contribution in [2.75, 3.05) is 6.61 Å². The van der Waals surface area contributed by atoms with Crippen LogP contribution in [0.4, 0.5) is 0 Å². The van der Waals surface area contributed by atoms with Crippen LogP contribution in [-0.4, -0.2) is 11.6 Å². The summed E-state index contributed by atoms with van der Waals surface area (Å²) in [5.41, 5.74) is 2.08. The Balaban J connectivity index is 0.00000121. The minimum atomic E-state index is 0. The van der Waals surface area contributed by atoms with Crippen molar-refractivity contribution in [2.45, 2.75) is 20.8 Å². The largest absolute Gasteiger partial charge is 0.551 e. The van der Waals surface area contributed by atoms with Gasteiger partial charge in [0.15, 0.2) is 0 Å². The summed E-state index contributed by atoms with van der Waals surface area (Å²) >= 11 is 0. The first kappa shape index (κ1) is 11.6. The first-order valence-electron chi connectivity index (χ1n) is 3.72. The van der Waals surface area contributed by atoms with Crippen LogP contribution in [0.5, 0.6) is 5.75 Å². The first-order chi connectivity index (χ1) is 5.25. The van der Waals surface area contributed by atoms with Gasteiger partial charge in [0.25, 0.3) is 0 Å². The molecule has 1 aromatic rings. The number of rotatable bonds is 2. The molecule has 1 heterocycles. The molecule has 0 aliphatic heterocycles. The summed E-state index contributed by atoms with van der Waals surface area (Å²) in [7, 11) is 0. The zero-order chi connectivity index (χ0) is 8.27. The number of pyridine rings is 1. The summed E-state index contributed by atoms with van der Waals surface area (Å²) in [6, 6.07) is 1.77. The van der Waals surface area contributed by atoms with E-state index in [9.17, 15) is 0 Å². The summed E-state index contributed by atoms with van der Waals surface area (Å²) in [6.45, 7) is 6.61. The monoisotopic (exact) mass is 334 g/mol. The number of aromatic nitrogens is 1. The fourth-order valence-electron chi connectivity index (χ4n) is 0.864. The maximum atomic E-state index is 5.35. The van der Waals surface area contributed by atoms with E-state index in [4.69, 9.17) is 4.74 Å². The summed E-state index contributed by atoms with van der Waals surface area (Å²) < 4.78 is 5.35. The van der Waals surface area contributed by atoms with Gasteiger partial charge < -0.3 is 9.72 Å². The van der Waals surface area contributed by atoms with Crippen LogP contribution in [0.15, 0.2) is 6.07 Å². The van der Waals surface area contributed by atoms with Gasteiger partial charge in [0.1, 0.15) is 0 Å². The van der Waals surface area contributed by atoms with Crippen LogP contribution in [0.2, 0.25) is 0 Å². The third-order valence-electron chi connectivity index (χ3n) is 1.64. The number of hydrogen-bond donors (Lipinski definition) is 0. The van der Waals surface area contributed by atoms with Crippen molar-refractivity contribution in [3.8, 4) is 5.75 Å². The summed E-state index contributed by atoms with van der Waals surface area (Å²) in [5, 5.41) is 0. The first-order valence-corrected chi connectivity index (χ1v) is 3.72. The molecule has 1 rings (SSSR count). The second-order valence-electron chi connectivity index (χ2n) is 2.39.